The molecule has 1 rings (SSSR count). The van der Waals surface area contributed by atoms with Crippen LogP contribution in [0.2, 0.25) is 0 Å². The van der Waals surface area contributed by atoms with Gasteiger partial charge in [-0.3, -0.25) is 0 Å². The van der Waals surface area contributed by atoms with Crippen molar-refractivity contribution in [2.75, 3.05) is 13.2 Å². The van der Waals surface area contributed by atoms with Crippen molar-refractivity contribution in [3.63, 3.8) is 0 Å². The second-order valence-corrected chi connectivity index (χ2v) is 3.28. The molecule has 0 heterocycles. The highest BCUT2D eigenvalue weighted by atomic mass is 16.5. The van der Waals surface area contributed by atoms with Gasteiger partial charge >= 0.3 is 11.9 Å². The van der Waals surface area contributed by atoms with Gasteiger partial charge in [-0.25, -0.2) is 9.59 Å². The third-order valence-electron chi connectivity index (χ3n) is 1.91. The molecular formula is C14H18O4. The lowest BCUT2D eigenvalue weighted by Crippen LogP contribution is -2.11. The van der Waals surface area contributed by atoms with Crippen LogP contribution in [0.4, 0.5) is 0 Å². The summed E-state index contributed by atoms with van der Waals surface area (Å²) in [5.74, 6) is -0.601. The first-order valence-electron chi connectivity index (χ1n) is 5.52. The van der Waals surface area contributed by atoms with Crippen molar-refractivity contribution < 1.29 is 19.1 Å². The van der Waals surface area contributed by atoms with E-state index in [9.17, 15) is 9.59 Å². The normalized spacial score (nSPS) is 11.7. The summed E-state index contributed by atoms with van der Waals surface area (Å²) < 4.78 is 9.24. The maximum Gasteiger partial charge on any atom is 0.333 e. The lowest BCUT2D eigenvalue weighted by Gasteiger charge is -2.11. The van der Waals surface area contributed by atoms with Crippen LogP contribution in [0.25, 0.3) is 0 Å². The molecule has 0 atom stereocenters. The average Bonchev–Trinajstić information content (AvgIpc) is 2.32. The van der Waals surface area contributed by atoms with Gasteiger partial charge in [0, 0.05) is 11.6 Å². The minimum Gasteiger partial charge on any atom is -0.458 e. The first-order chi connectivity index (χ1) is 8.65. The molecule has 0 fully saturated rings. The quantitative estimate of drug-likeness (QED) is 0.412. The van der Waals surface area contributed by atoms with Gasteiger partial charge in [0.1, 0.15) is 13.2 Å². The fourth-order valence-electron chi connectivity index (χ4n) is 0.901. The van der Waals surface area contributed by atoms with Gasteiger partial charge < -0.3 is 9.47 Å². The van der Waals surface area contributed by atoms with Crippen molar-refractivity contribution in [1.82, 2.24) is 0 Å². The van der Waals surface area contributed by atoms with Crippen LogP contribution < -0.4 is 0 Å². The van der Waals surface area contributed by atoms with Crippen LogP contribution in [-0.2, 0) is 19.1 Å². The molecule has 0 aromatic rings. The van der Waals surface area contributed by atoms with Gasteiger partial charge in [0.25, 0.3) is 0 Å². The second kappa shape index (κ2) is 10.1. The largest absolute Gasteiger partial charge is 0.458 e. The van der Waals surface area contributed by atoms with E-state index in [-0.39, 0.29) is 12.6 Å². The predicted molar refractivity (Wildman–Crippen MR) is 69.8 cm³/mol. The van der Waals surface area contributed by atoms with E-state index >= 15 is 0 Å². The fourth-order valence-corrected chi connectivity index (χ4v) is 0.901. The zero-order chi connectivity index (χ0) is 13.8. The molecule has 0 amide bonds. The maximum absolute atomic E-state index is 10.8. The Morgan fingerprint density at radius 2 is 1.72 bits per heavy atom. The summed E-state index contributed by atoms with van der Waals surface area (Å²) in [5.41, 5.74) is 0.807. The first kappa shape index (κ1) is 15.9. The van der Waals surface area contributed by atoms with E-state index in [4.69, 9.17) is 4.74 Å². The Hall–Kier alpha value is -2.10. The Kier molecular flexibility index (Phi) is 8.90. The average molecular weight is 250 g/mol. The van der Waals surface area contributed by atoms with Crippen molar-refractivity contribution in [2.24, 2.45) is 0 Å². The molecule has 0 aromatic carbocycles. The molecule has 1 aliphatic rings. The molecule has 0 bridgehead atoms. The summed E-state index contributed by atoms with van der Waals surface area (Å²) in [5, 5.41) is 0. The minimum absolute atomic E-state index is 0.189. The van der Waals surface area contributed by atoms with Crippen molar-refractivity contribution in [2.45, 2.75) is 12.8 Å². The topological polar surface area (TPSA) is 52.6 Å². The van der Waals surface area contributed by atoms with Crippen molar-refractivity contribution in [1.29, 1.82) is 0 Å². The summed E-state index contributed by atoms with van der Waals surface area (Å²) in [6, 6.07) is 0. The summed E-state index contributed by atoms with van der Waals surface area (Å²) >= 11 is 0. The Bertz CT molecular complexity index is 353. The highest BCUT2D eigenvalue weighted by Crippen LogP contribution is 2.18. The van der Waals surface area contributed by atoms with Crippen LogP contribution >= 0.6 is 0 Å². The van der Waals surface area contributed by atoms with Crippen LogP contribution in [-0.4, -0.2) is 25.2 Å². The summed E-state index contributed by atoms with van der Waals surface area (Å²) in [6.45, 7) is 10.6. The highest BCUT2D eigenvalue weighted by molar-refractivity contribution is 5.89. The van der Waals surface area contributed by atoms with Gasteiger partial charge in [0.2, 0.25) is 0 Å². The fraction of sp³-hybridized carbons (Fsp3) is 0.286. The Balaban J connectivity index is 0.000000331. The van der Waals surface area contributed by atoms with E-state index in [1.54, 1.807) is 6.08 Å². The zero-order valence-electron chi connectivity index (χ0n) is 10.4. The molecule has 18 heavy (non-hydrogen) atoms. The molecule has 0 saturated heterocycles. The van der Waals surface area contributed by atoms with Crippen LogP contribution in [0.1, 0.15) is 12.8 Å². The highest BCUT2D eigenvalue weighted by Gasteiger charge is 2.14. The lowest BCUT2D eigenvalue weighted by atomic mass is 10.00. The van der Waals surface area contributed by atoms with Gasteiger partial charge in [0.15, 0.2) is 0 Å². The summed E-state index contributed by atoms with van der Waals surface area (Å²) in [6.07, 6.45) is 7.96. The Morgan fingerprint density at radius 3 is 2.11 bits per heavy atom. The van der Waals surface area contributed by atoms with Gasteiger partial charge in [0.05, 0.1) is 0 Å². The van der Waals surface area contributed by atoms with E-state index in [0.29, 0.717) is 6.61 Å². The van der Waals surface area contributed by atoms with Crippen LogP contribution in [0.15, 0.2) is 49.6 Å². The smallest absolute Gasteiger partial charge is 0.333 e. The number of allylic oxidation sites excluding steroid dienone is 1. The maximum atomic E-state index is 10.8. The van der Waals surface area contributed by atoms with Crippen molar-refractivity contribution in [3.8, 4) is 0 Å². The zero-order valence-corrected chi connectivity index (χ0v) is 10.4. The first-order valence-corrected chi connectivity index (χ1v) is 5.52. The minimum atomic E-state index is -0.412. The molecule has 0 spiro atoms. The number of rotatable bonds is 6. The van der Waals surface area contributed by atoms with Gasteiger partial charge in [-0.15, -0.1) is 0 Å². The van der Waals surface area contributed by atoms with Gasteiger partial charge in [-0.1, -0.05) is 38.0 Å². The van der Waals surface area contributed by atoms with E-state index in [2.05, 4.69) is 24.5 Å². The van der Waals surface area contributed by atoms with Gasteiger partial charge in [-0.2, -0.15) is 0 Å². The summed E-state index contributed by atoms with van der Waals surface area (Å²) in [7, 11) is 0. The number of carbonyl (C=O) groups is 2. The Labute approximate surface area is 107 Å². The molecule has 0 radical (unpaired) electrons. The van der Waals surface area contributed by atoms with Crippen LogP contribution in [0, 0.1) is 0 Å². The monoisotopic (exact) mass is 250 g/mol. The van der Waals surface area contributed by atoms with Crippen LogP contribution in [0.3, 0.4) is 0 Å². The van der Waals surface area contributed by atoms with E-state index in [0.717, 1.165) is 24.5 Å². The molecule has 0 aliphatic heterocycles. The number of carbonyl (C=O) groups excluding carboxylic acids is 2. The number of esters is 2. The van der Waals surface area contributed by atoms with Crippen LogP contribution in [0.5, 0.6) is 0 Å². The molecular weight excluding hydrogens is 232 g/mol. The standard InChI is InChI=1S/C8H10O2.C6H8O2/c1-2-6-10-8(9)7-4-3-5-7;1-3-5-8-6(7)4-2/h2,4H,1,3,5-6H2;3-4H,1-2,5H2. The molecule has 0 N–H and O–H groups in total. The molecule has 0 saturated carbocycles. The SMILES string of the molecule is C=CCOC(=O)C1=CCC1.C=CCOC(=O)C=C. The van der Waals surface area contributed by atoms with E-state index < -0.39 is 5.97 Å². The third kappa shape index (κ3) is 7.22. The van der Waals surface area contributed by atoms with E-state index in [1.807, 2.05) is 6.08 Å². The summed E-state index contributed by atoms with van der Waals surface area (Å²) in [4.78, 5) is 21.0. The molecule has 0 unspecified atom stereocenters. The van der Waals surface area contributed by atoms with Crippen molar-refractivity contribution >= 4 is 11.9 Å². The third-order valence-corrected chi connectivity index (χ3v) is 1.91. The molecule has 4 nitrogen and oxygen atoms in total. The number of hydrogen-bond donors (Lipinski definition) is 0. The van der Waals surface area contributed by atoms with Crippen molar-refractivity contribution in [3.05, 3.63) is 49.6 Å². The van der Waals surface area contributed by atoms with E-state index in [1.165, 1.54) is 6.08 Å². The Morgan fingerprint density at radius 1 is 1.17 bits per heavy atom. The molecule has 0 aromatic heterocycles. The molecule has 1 aliphatic carbocycles. The second-order valence-electron chi connectivity index (χ2n) is 3.28. The number of hydrogen-bond acceptors (Lipinski definition) is 4. The molecule has 4 heteroatoms. The van der Waals surface area contributed by atoms with Gasteiger partial charge in [-0.05, 0) is 12.8 Å². The molecule has 98 valence electrons. The predicted octanol–water partition coefficient (Wildman–Crippen LogP) is 2.34. The lowest BCUT2D eigenvalue weighted by molar-refractivity contribution is -0.138. The number of ether oxygens (including phenoxy) is 2.